The molecule has 0 fully saturated rings. The number of nitrogens with two attached hydrogens (primary N) is 1. The van der Waals surface area contributed by atoms with Gasteiger partial charge in [0.25, 0.3) is 10.0 Å². The second kappa shape index (κ2) is 6.17. The van der Waals surface area contributed by atoms with Gasteiger partial charge in [0.2, 0.25) is 0 Å². The molecule has 0 bridgehead atoms. The SMILES string of the molecule is Nc1ccc(S(=O)(=O)N=Cc2cc(Br)cc(Br)c2O)cc1. The summed E-state index contributed by atoms with van der Waals surface area (Å²) in [6.45, 7) is 0. The highest BCUT2D eigenvalue weighted by Gasteiger charge is 2.12. The van der Waals surface area contributed by atoms with Crippen LogP contribution in [0.2, 0.25) is 0 Å². The Bertz CT molecular complexity index is 803. The maximum Gasteiger partial charge on any atom is 0.282 e. The molecule has 110 valence electrons. The van der Waals surface area contributed by atoms with Crippen molar-refractivity contribution < 1.29 is 13.5 Å². The van der Waals surface area contributed by atoms with Crippen molar-refractivity contribution in [1.82, 2.24) is 0 Å². The summed E-state index contributed by atoms with van der Waals surface area (Å²) in [5, 5.41) is 9.86. The number of hydrogen-bond acceptors (Lipinski definition) is 4. The van der Waals surface area contributed by atoms with Gasteiger partial charge in [0, 0.05) is 15.7 Å². The van der Waals surface area contributed by atoms with E-state index in [0.717, 1.165) is 6.21 Å². The van der Waals surface area contributed by atoms with Crippen LogP contribution in [0, 0.1) is 0 Å². The zero-order valence-corrected chi connectivity index (χ0v) is 14.5. The van der Waals surface area contributed by atoms with E-state index in [1.54, 1.807) is 12.1 Å². The van der Waals surface area contributed by atoms with Crippen LogP contribution >= 0.6 is 31.9 Å². The van der Waals surface area contributed by atoms with Gasteiger partial charge in [0.05, 0.1) is 15.6 Å². The first-order chi connectivity index (χ1) is 9.79. The summed E-state index contributed by atoms with van der Waals surface area (Å²) >= 11 is 6.42. The Morgan fingerprint density at radius 2 is 1.76 bits per heavy atom. The Balaban J connectivity index is 2.39. The predicted octanol–water partition coefficient (Wildman–Crippen LogP) is 3.31. The topological polar surface area (TPSA) is 92.8 Å². The van der Waals surface area contributed by atoms with E-state index in [1.807, 2.05) is 0 Å². The Morgan fingerprint density at radius 3 is 2.38 bits per heavy atom. The number of halogens is 2. The molecule has 5 nitrogen and oxygen atoms in total. The van der Waals surface area contributed by atoms with Crippen LogP contribution < -0.4 is 5.73 Å². The van der Waals surface area contributed by atoms with Crippen molar-refractivity contribution in [2.45, 2.75) is 4.90 Å². The summed E-state index contributed by atoms with van der Waals surface area (Å²) in [6, 6.07) is 8.91. The predicted molar refractivity (Wildman–Crippen MR) is 89.1 cm³/mol. The van der Waals surface area contributed by atoms with Gasteiger partial charge in [-0.3, -0.25) is 0 Å². The number of phenolic OH excluding ortho intramolecular Hbond substituents is 1. The summed E-state index contributed by atoms with van der Waals surface area (Å²) in [6.07, 6.45) is 1.09. The quantitative estimate of drug-likeness (QED) is 0.573. The van der Waals surface area contributed by atoms with Crippen LogP contribution in [0.1, 0.15) is 5.56 Å². The molecule has 3 N–H and O–H groups in total. The van der Waals surface area contributed by atoms with Crippen molar-refractivity contribution in [1.29, 1.82) is 0 Å². The van der Waals surface area contributed by atoms with Gasteiger partial charge < -0.3 is 10.8 Å². The number of aromatic hydroxyl groups is 1. The molecule has 0 atom stereocenters. The van der Waals surface area contributed by atoms with Gasteiger partial charge in [-0.15, -0.1) is 0 Å². The summed E-state index contributed by atoms with van der Waals surface area (Å²) in [5.41, 5.74) is 6.25. The van der Waals surface area contributed by atoms with Crippen LogP contribution in [0.15, 0.2) is 54.6 Å². The van der Waals surface area contributed by atoms with Crippen molar-refractivity contribution in [3.05, 3.63) is 50.9 Å². The molecule has 2 aromatic rings. The fourth-order valence-corrected chi connectivity index (χ4v) is 3.62. The lowest BCUT2D eigenvalue weighted by atomic mass is 10.2. The number of hydrogen-bond donors (Lipinski definition) is 2. The lowest BCUT2D eigenvalue weighted by molar-refractivity contribution is 0.471. The average Bonchev–Trinajstić information content (AvgIpc) is 2.42. The van der Waals surface area contributed by atoms with E-state index in [2.05, 4.69) is 36.3 Å². The molecule has 0 heterocycles. The first kappa shape index (κ1) is 16.0. The van der Waals surface area contributed by atoms with E-state index < -0.39 is 10.0 Å². The van der Waals surface area contributed by atoms with E-state index in [9.17, 15) is 13.5 Å². The molecule has 0 unspecified atom stereocenters. The Hall–Kier alpha value is -1.38. The largest absolute Gasteiger partial charge is 0.506 e. The van der Waals surface area contributed by atoms with Crippen LogP contribution in [0.3, 0.4) is 0 Å². The highest BCUT2D eigenvalue weighted by molar-refractivity contribution is 9.11. The summed E-state index contributed by atoms with van der Waals surface area (Å²) in [4.78, 5) is 0.0292. The van der Waals surface area contributed by atoms with Gasteiger partial charge >= 0.3 is 0 Å². The van der Waals surface area contributed by atoms with E-state index in [4.69, 9.17) is 5.73 Å². The molecule has 2 aromatic carbocycles. The minimum atomic E-state index is -3.85. The second-order valence-electron chi connectivity index (χ2n) is 4.10. The smallest absolute Gasteiger partial charge is 0.282 e. The maximum atomic E-state index is 12.1. The fraction of sp³-hybridized carbons (Fsp3) is 0. The van der Waals surface area contributed by atoms with E-state index in [1.165, 1.54) is 24.3 Å². The van der Waals surface area contributed by atoms with Crippen molar-refractivity contribution in [2.75, 3.05) is 5.73 Å². The van der Waals surface area contributed by atoms with Crippen molar-refractivity contribution in [3.8, 4) is 5.75 Å². The van der Waals surface area contributed by atoms with Gasteiger partial charge in [-0.2, -0.15) is 12.8 Å². The van der Waals surface area contributed by atoms with Gasteiger partial charge in [-0.05, 0) is 52.3 Å². The molecule has 0 aliphatic carbocycles. The molecule has 0 aliphatic heterocycles. The molecule has 0 aliphatic rings. The normalized spacial score (nSPS) is 11.9. The zero-order chi connectivity index (χ0) is 15.6. The maximum absolute atomic E-state index is 12.1. The third-order valence-corrected chi connectivity index (χ3v) is 4.88. The first-order valence-electron chi connectivity index (χ1n) is 5.63. The van der Waals surface area contributed by atoms with Crippen molar-refractivity contribution in [3.63, 3.8) is 0 Å². The molecule has 21 heavy (non-hydrogen) atoms. The molecule has 0 radical (unpaired) electrons. The van der Waals surface area contributed by atoms with Gasteiger partial charge in [0.15, 0.2) is 0 Å². The Morgan fingerprint density at radius 1 is 1.14 bits per heavy atom. The van der Waals surface area contributed by atoms with Crippen LogP contribution in [0.5, 0.6) is 5.75 Å². The minimum absolute atomic E-state index is 0.0292. The molecular formula is C13H10Br2N2O3S. The fourth-order valence-electron chi connectivity index (χ4n) is 1.51. The van der Waals surface area contributed by atoms with Gasteiger partial charge in [0.1, 0.15) is 5.75 Å². The lowest BCUT2D eigenvalue weighted by Crippen LogP contribution is -1.98. The zero-order valence-electron chi connectivity index (χ0n) is 10.5. The molecule has 8 heteroatoms. The average molecular weight is 434 g/mol. The first-order valence-corrected chi connectivity index (χ1v) is 8.66. The molecule has 0 amide bonds. The molecule has 0 saturated heterocycles. The monoisotopic (exact) mass is 432 g/mol. The number of phenols is 1. The van der Waals surface area contributed by atoms with Crippen LogP contribution in [-0.4, -0.2) is 19.7 Å². The second-order valence-corrected chi connectivity index (χ2v) is 7.51. The number of anilines is 1. The van der Waals surface area contributed by atoms with E-state index in [0.29, 0.717) is 14.6 Å². The van der Waals surface area contributed by atoms with Crippen molar-refractivity contribution >= 4 is 53.8 Å². The Labute approximate surface area is 138 Å². The molecule has 0 spiro atoms. The molecule has 2 rings (SSSR count). The highest BCUT2D eigenvalue weighted by atomic mass is 79.9. The third-order valence-electron chi connectivity index (χ3n) is 2.57. The van der Waals surface area contributed by atoms with Gasteiger partial charge in [-0.25, -0.2) is 0 Å². The number of benzene rings is 2. The molecular weight excluding hydrogens is 424 g/mol. The Kier molecular flexibility index (Phi) is 4.70. The summed E-state index contributed by atoms with van der Waals surface area (Å²) < 4.78 is 28.8. The number of nitrogens with zero attached hydrogens (tertiary/aromatic N) is 1. The third kappa shape index (κ3) is 3.84. The minimum Gasteiger partial charge on any atom is -0.506 e. The van der Waals surface area contributed by atoms with Gasteiger partial charge in [-0.1, -0.05) is 15.9 Å². The number of rotatable bonds is 3. The van der Waals surface area contributed by atoms with E-state index >= 15 is 0 Å². The standard InChI is InChI=1S/C13H10Br2N2O3S/c14-9-5-8(13(18)12(15)6-9)7-17-21(19,20)11-3-1-10(16)2-4-11/h1-7,18H,16H2. The number of sulfonamides is 1. The van der Waals surface area contributed by atoms with Crippen LogP contribution in [-0.2, 0) is 10.0 Å². The lowest BCUT2D eigenvalue weighted by Gasteiger charge is -2.03. The highest BCUT2D eigenvalue weighted by Crippen LogP contribution is 2.30. The van der Waals surface area contributed by atoms with Crippen LogP contribution in [0.4, 0.5) is 5.69 Å². The molecule has 0 saturated carbocycles. The number of nitrogen functional groups attached to an aromatic ring is 1. The summed E-state index contributed by atoms with van der Waals surface area (Å²) in [7, 11) is -3.85. The van der Waals surface area contributed by atoms with E-state index in [-0.39, 0.29) is 16.2 Å². The molecule has 0 aromatic heterocycles. The summed E-state index contributed by atoms with van der Waals surface area (Å²) in [5.74, 6) is -0.0885. The van der Waals surface area contributed by atoms with Crippen molar-refractivity contribution in [2.24, 2.45) is 4.40 Å². The van der Waals surface area contributed by atoms with Crippen LogP contribution in [0.25, 0.3) is 0 Å².